The van der Waals surface area contributed by atoms with Crippen molar-refractivity contribution in [2.75, 3.05) is 0 Å². The van der Waals surface area contributed by atoms with Crippen LogP contribution in [0.3, 0.4) is 0 Å². The Morgan fingerprint density at radius 1 is 0.947 bits per heavy atom. The third kappa shape index (κ3) is 3.28. The molecule has 0 aromatic heterocycles. The summed E-state index contributed by atoms with van der Waals surface area (Å²) in [5, 5.41) is 0. The van der Waals surface area contributed by atoms with Crippen LogP contribution in [0.1, 0.15) is 24.0 Å². The molecule has 19 heavy (non-hydrogen) atoms. The zero-order valence-corrected chi connectivity index (χ0v) is 11.5. The Balaban J connectivity index is 0.00000133. The van der Waals surface area contributed by atoms with Crippen LogP contribution in [0.25, 0.3) is 0 Å². The molecule has 2 aromatic carbocycles. The molecule has 1 fully saturated rings. The molecule has 0 amide bonds. The van der Waals surface area contributed by atoms with E-state index in [1.54, 1.807) is 0 Å². The topological polar surface area (TPSA) is 35.2 Å². The molecular formula is C16H18ClNO. The van der Waals surface area contributed by atoms with Crippen molar-refractivity contribution in [3.8, 4) is 5.75 Å². The molecule has 3 heteroatoms. The first-order valence-electron chi connectivity index (χ1n) is 6.32. The Bertz CT molecular complexity index is 520. The van der Waals surface area contributed by atoms with Gasteiger partial charge >= 0.3 is 0 Å². The standard InChI is InChI=1S/C16H17NO.ClH/c17-16(10-11-16)14-6-8-15(9-7-14)18-12-13-4-2-1-3-5-13;/h1-9H,10-12,17H2;1H. The molecule has 0 radical (unpaired) electrons. The number of halogens is 1. The zero-order chi connectivity index (χ0) is 12.4. The van der Waals surface area contributed by atoms with Gasteiger partial charge in [0.2, 0.25) is 0 Å². The highest BCUT2D eigenvalue weighted by Gasteiger charge is 2.39. The second-order valence-corrected chi connectivity index (χ2v) is 4.95. The molecule has 2 aromatic rings. The summed E-state index contributed by atoms with van der Waals surface area (Å²) in [7, 11) is 0. The number of hydrogen-bond donors (Lipinski definition) is 1. The van der Waals surface area contributed by atoms with Crippen LogP contribution in [0.5, 0.6) is 5.75 Å². The summed E-state index contributed by atoms with van der Waals surface area (Å²) in [6.45, 7) is 0.605. The van der Waals surface area contributed by atoms with Crippen molar-refractivity contribution in [3.05, 3.63) is 65.7 Å². The SMILES string of the molecule is Cl.NC1(c2ccc(OCc3ccccc3)cc2)CC1. The summed E-state index contributed by atoms with van der Waals surface area (Å²) in [4.78, 5) is 0. The fourth-order valence-electron chi connectivity index (χ4n) is 2.05. The van der Waals surface area contributed by atoms with Gasteiger partial charge in [-0.1, -0.05) is 42.5 Å². The smallest absolute Gasteiger partial charge is 0.119 e. The third-order valence-corrected chi connectivity index (χ3v) is 3.47. The lowest BCUT2D eigenvalue weighted by molar-refractivity contribution is 0.306. The number of hydrogen-bond acceptors (Lipinski definition) is 2. The van der Waals surface area contributed by atoms with Gasteiger partial charge in [0.25, 0.3) is 0 Å². The van der Waals surface area contributed by atoms with Crippen LogP contribution in [0, 0.1) is 0 Å². The van der Waals surface area contributed by atoms with E-state index in [1.165, 1.54) is 11.1 Å². The maximum atomic E-state index is 6.14. The van der Waals surface area contributed by atoms with Crippen LogP contribution >= 0.6 is 12.4 Å². The van der Waals surface area contributed by atoms with Crippen LogP contribution in [0.15, 0.2) is 54.6 Å². The van der Waals surface area contributed by atoms with E-state index in [4.69, 9.17) is 10.5 Å². The van der Waals surface area contributed by atoms with Crippen LogP contribution in [-0.2, 0) is 12.1 Å². The Labute approximate surface area is 120 Å². The first-order valence-corrected chi connectivity index (χ1v) is 6.32. The monoisotopic (exact) mass is 275 g/mol. The summed E-state index contributed by atoms with van der Waals surface area (Å²) in [5.41, 5.74) is 8.48. The van der Waals surface area contributed by atoms with E-state index in [-0.39, 0.29) is 17.9 Å². The average Bonchev–Trinajstić information content (AvgIpc) is 3.17. The van der Waals surface area contributed by atoms with Crippen molar-refractivity contribution in [3.63, 3.8) is 0 Å². The Morgan fingerprint density at radius 3 is 2.16 bits per heavy atom. The normalized spacial score (nSPS) is 15.4. The quantitative estimate of drug-likeness (QED) is 0.925. The Kier molecular flexibility index (Phi) is 4.13. The van der Waals surface area contributed by atoms with Gasteiger partial charge in [0.15, 0.2) is 0 Å². The predicted octanol–water partition coefficient (Wildman–Crippen LogP) is 3.64. The summed E-state index contributed by atoms with van der Waals surface area (Å²) in [6.07, 6.45) is 2.19. The molecule has 2 nitrogen and oxygen atoms in total. The largest absolute Gasteiger partial charge is 0.489 e. The average molecular weight is 276 g/mol. The minimum atomic E-state index is -0.0576. The molecule has 3 rings (SSSR count). The van der Waals surface area contributed by atoms with E-state index in [1.807, 2.05) is 30.3 Å². The van der Waals surface area contributed by atoms with Gasteiger partial charge in [0.05, 0.1) is 0 Å². The van der Waals surface area contributed by atoms with Gasteiger partial charge in [0.1, 0.15) is 12.4 Å². The van der Waals surface area contributed by atoms with Crippen molar-refractivity contribution >= 4 is 12.4 Å². The van der Waals surface area contributed by atoms with Crippen molar-refractivity contribution < 1.29 is 4.74 Å². The maximum absolute atomic E-state index is 6.14. The molecule has 2 N–H and O–H groups in total. The predicted molar refractivity (Wildman–Crippen MR) is 79.6 cm³/mol. The van der Waals surface area contributed by atoms with Crippen LogP contribution < -0.4 is 10.5 Å². The molecule has 0 aliphatic heterocycles. The van der Waals surface area contributed by atoms with E-state index in [0.29, 0.717) is 6.61 Å². The molecule has 0 unspecified atom stereocenters. The molecule has 0 heterocycles. The number of rotatable bonds is 4. The van der Waals surface area contributed by atoms with E-state index in [0.717, 1.165) is 18.6 Å². The molecular weight excluding hydrogens is 258 g/mol. The summed E-state index contributed by atoms with van der Waals surface area (Å²) in [5.74, 6) is 0.895. The second-order valence-electron chi connectivity index (χ2n) is 4.95. The van der Waals surface area contributed by atoms with E-state index >= 15 is 0 Å². The molecule has 0 saturated heterocycles. The second kappa shape index (κ2) is 5.64. The molecule has 100 valence electrons. The summed E-state index contributed by atoms with van der Waals surface area (Å²) >= 11 is 0. The van der Waals surface area contributed by atoms with Gasteiger partial charge < -0.3 is 10.5 Å². The minimum absolute atomic E-state index is 0. The van der Waals surface area contributed by atoms with E-state index < -0.39 is 0 Å². The van der Waals surface area contributed by atoms with Crippen LogP contribution in [0.2, 0.25) is 0 Å². The van der Waals surface area contributed by atoms with E-state index in [2.05, 4.69) is 24.3 Å². The first kappa shape index (κ1) is 13.9. The van der Waals surface area contributed by atoms with E-state index in [9.17, 15) is 0 Å². The van der Waals surface area contributed by atoms with Crippen LogP contribution in [0.4, 0.5) is 0 Å². The molecule has 0 bridgehead atoms. The molecule has 1 aliphatic rings. The lowest BCUT2D eigenvalue weighted by Crippen LogP contribution is -2.18. The first-order chi connectivity index (χ1) is 8.76. The molecule has 0 spiro atoms. The molecule has 0 atom stereocenters. The highest BCUT2D eigenvalue weighted by molar-refractivity contribution is 5.85. The zero-order valence-electron chi connectivity index (χ0n) is 10.7. The summed E-state index contributed by atoms with van der Waals surface area (Å²) < 4.78 is 5.74. The molecule has 1 aliphatic carbocycles. The van der Waals surface area contributed by atoms with Crippen molar-refractivity contribution in [1.82, 2.24) is 0 Å². The number of benzene rings is 2. The van der Waals surface area contributed by atoms with Gasteiger partial charge in [0, 0.05) is 5.54 Å². The summed E-state index contributed by atoms with van der Waals surface area (Å²) in [6, 6.07) is 18.3. The van der Waals surface area contributed by atoms with Crippen LogP contribution in [-0.4, -0.2) is 0 Å². The van der Waals surface area contributed by atoms with Gasteiger partial charge in [-0.05, 0) is 36.1 Å². The van der Waals surface area contributed by atoms with Gasteiger partial charge in [-0.2, -0.15) is 0 Å². The van der Waals surface area contributed by atoms with Crippen molar-refractivity contribution in [2.45, 2.75) is 25.0 Å². The van der Waals surface area contributed by atoms with Gasteiger partial charge in [-0.15, -0.1) is 12.4 Å². The number of nitrogens with two attached hydrogens (primary N) is 1. The maximum Gasteiger partial charge on any atom is 0.119 e. The highest BCUT2D eigenvalue weighted by atomic mass is 35.5. The lowest BCUT2D eigenvalue weighted by Gasteiger charge is -2.11. The lowest BCUT2D eigenvalue weighted by atomic mass is 10.1. The fourth-order valence-corrected chi connectivity index (χ4v) is 2.05. The third-order valence-electron chi connectivity index (χ3n) is 3.47. The Morgan fingerprint density at radius 2 is 1.58 bits per heavy atom. The Hall–Kier alpha value is -1.51. The minimum Gasteiger partial charge on any atom is -0.489 e. The fraction of sp³-hybridized carbons (Fsp3) is 0.250. The van der Waals surface area contributed by atoms with Gasteiger partial charge in [-0.3, -0.25) is 0 Å². The van der Waals surface area contributed by atoms with Crippen molar-refractivity contribution in [2.24, 2.45) is 5.73 Å². The highest BCUT2D eigenvalue weighted by Crippen LogP contribution is 2.42. The van der Waals surface area contributed by atoms with Gasteiger partial charge in [-0.25, -0.2) is 0 Å². The van der Waals surface area contributed by atoms with Crippen molar-refractivity contribution in [1.29, 1.82) is 0 Å². The molecule has 1 saturated carbocycles. The number of ether oxygens (including phenoxy) is 1.